The second-order valence-electron chi connectivity index (χ2n) is 21.4. The number of fused-ring (bicyclic) bond motifs is 3. The van der Waals surface area contributed by atoms with Crippen LogP contribution < -0.4 is 0 Å². The van der Waals surface area contributed by atoms with Crippen LogP contribution in [0.25, 0.3) is 0 Å². The van der Waals surface area contributed by atoms with Crippen molar-refractivity contribution < 1.29 is 67.0 Å². The molecule has 4 rings (SSSR count). The van der Waals surface area contributed by atoms with Crippen molar-refractivity contribution in [1.82, 2.24) is 4.90 Å². The number of piperidine rings is 1. The molecular formula is C53H86NO14P. The van der Waals surface area contributed by atoms with Crippen molar-refractivity contribution in [1.29, 1.82) is 0 Å². The number of carbonyl (C=O) groups is 5. The summed E-state index contributed by atoms with van der Waals surface area (Å²) in [6.45, 7) is 16.2. The lowest BCUT2D eigenvalue weighted by Crippen LogP contribution is -2.61. The van der Waals surface area contributed by atoms with Gasteiger partial charge in [0.15, 0.2) is 13.2 Å². The third-order valence-electron chi connectivity index (χ3n) is 15.2. The summed E-state index contributed by atoms with van der Waals surface area (Å²) in [5, 5.41) is 23.5. The molecule has 69 heavy (non-hydrogen) atoms. The number of hydrogen-bond acceptors (Lipinski definition) is 14. The predicted octanol–water partition coefficient (Wildman–Crippen LogP) is 7.82. The predicted molar refractivity (Wildman–Crippen MR) is 263 cm³/mol. The molecule has 3 fully saturated rings. The van der Waals surface area contributed by atoms with E-state index in [0.29, 0.717) is 57.8 Å². The fourth-order valence-corrected chi connectivity index (χ4v) is 11.8. The summed E-state index contributed by atoms with van der Waals surface area (Å²) >= 11 is 0. The number of Topliss-reactive ketones (excluding diaryl/α,β-unsaturated/α-hetero) is 3. The van der Waals surface area contributed by atoms with Crippen LogP contribution in [-0.2, 0) is 56.7 Å². The van der Waals surface area contributed by atoms with Crippen LogP contribution in [0.5, 0.6) is 0 Å². The van der Waals surface area contributed by atoms with Crippen molar-refractivity contribution in [2.75, 3.05) is 41.2 Å². The molecule has 3 aliphatic heterocycles. The first-order valence-corrected chi connectivity index (χ1v) is 28.0. The summed E-state index contributed by atoms with van der Waals surface area (Å²) in [6.07, 6.45) is 10.4. The monoisotopic (exact) mass is 992 g/mol. The van der Waals surface area contributed by atoms with Gasteiger partial charge in [0.1, 0.15) is 24.0 Å². The van der Waals surface area contributed by atoms with E-state index in [2.05, 4.69) is 0 Å². The Balaban J connectivity index is 1.68. The van der Waals surface area contributed by atoms with E-state index >= 15 is 0 Å². The molecule has 0 radical (unpaired) electrons. The molecule has 0 aromatic carbocycles. The Labute approximate surface area is 412 Å². The Morgan fingerprint density at radius 1 is 0.841 bits per heavy atom. The van der Waals surface area contributed by atoms with Gasteiger partial charge in [0, 0.05) is 71.8 Å². The van der Waals surface area contributed by atoms with E-state index in [9.17, 15) is 38.8 Å². The zero-order chi connectivity index (χ0) is 51.4. The second-order valence-corrected chi connectivity index (χ2v) is 24.1. The van der Waals surface area contributed by atoms with Crippen LogP contribution in [0.3, 0.4) is 0 Å². The molecule has 1 amide bonds. The first-order chi connectivity index (χ1) is 32.4. The molecule has 2 saturated heterocycles. The van der Waals surface area contributed by atoms with Gasteiger partial charge < -0.3 is 43.3 Å². The molecule has 0 aromatic rings. The molecule has 4 aliphatic rings. The van der Waals surface area contributed by atoms with Gasteiger partial charge in [-0.3, -0.25) is 23.7 Å². The van der Waals surface area contributed by atoms with Crippen molar-refractivity contribution in [2.24, 2.45) is 41.4 Å². The van der Waals surface area contributed by atoms with Crippen molar-refractivity contribution in [3.63, 3.8) is 0 Å². The molecule has 2 bridgehead atoms. The zero-order valence-electron chi connectivity index (χ0n) is 43.6. The smallest absolute Gasteiger partial charge is 0.329 e. The van der Waals surface area contributed by atoms with Crippen LogP contribution in [0, 0.1) is 41.4 Å². The lowest BCUT2D eigenvalue weighted by molar-refractivity contribution is -0.265. The number of carbonyl (C=O) groups excluding carboxylic acids is 5. The molecule has 1 saturated carbocycles. The molecule has 1 aliphatic carbocycles. The van der Waals surface area contributed by atoms with Gasteiger partial charge >= 0.3 is 5.97 Å². The minimum atomic E-state index is -2.79. The molecule has 2 N–H and O–H groups in total. The van der Waals surface area contributed by atoms with Gasteiger partial charge in [-0.2, -0.15) is 0 Å². The SMILES string of the molecule is CO[C@H]1C[C@@H]2CC[C@@H](C)[C@@](O)(O2)C(=O)C(=O)N2CCCC[C@H]2C(=O)O[C@H]([C@H](C)C[C@@H]2CC[C@@H](OP(C)(C)=O)[C@H](OC)C2)CC(=O)[C@H](C)CC(C)[C@H](O)[C@H](OC)C(=O)[C@H](C)C[C@@H](C)/C=C\C=CC=C1C. The topological polar surface area (TPSA) is 201 Å². The van der Waals surface area contributed by atoms with Gasteiger partial charge in [0.25, 0.3) is 11.7 Å². The van der Waals surface area contributed by atoms with Crippen LogP contribution in [0.15, 0.2) is 36.0 Å². The molecule has 392 valence electrons. The zero-order valence-corrected chi connectivity index (χ0v) is 44.5. The van der Waals surface area contributed by atoms with Crippen LogP contribution in [0.2, 0.25) is 0 Å². The highest BCUT2D eigenvalue weighted by molar-refractivity contribution is 7.57. The molecule has 16 atom stereocenters. The highest BCUT2D eigenvalue weighted by Gasteiger charge is 2.53. The van der Waals surface area contributed by atoms with Crippen LogP contribution >= 0.6 is 7.37 Å². The molecular weight excluding hydrogens is 906 g/mol. The Kier molecular flexibility index (Phi) is 22.7. The Morgan fingerprint density at radius 3 is 2.20 bits per heavy atom. The lowest BCUT2D eigenvalue weighted by atomic mass is 9.78. The second kappa shape index (κ2) is 26.7. The molecule has 0 spiro atoms. The normalized spacial score (nSPS) is 38.2. The van der Waals surface area contributed by atoms with Crippen LogP contribution in [-0.4, -0.2) is 140 Å². The fraction of sp³-hybridized carbons (Fsp3) is 0.792. The number of ether oxygens (including phenoxy) is 5. The van der Waals surface area contributed by atoms with Gasteiger partial charge in [-0.05, 0) is 107 Å². The highest BCUT2D eigenvalue weighted by Crippen LogP contribution is 2.45. The number of rotatable bonds is 8. The van der Waals surface area contributed by atoms with Gasteiger partial charge in [0.05, 0.1) is 30.5 Å². The number of hydrogen-bond donors (Lipinski definition) is 2. The van der Waals surface area contributed by atoms with E-state index in [1.54, 1.807) is 48.3 Å². The number of cyclic esters (lactones) is 1. The fourth-order valence-electron chi connectivity index (χ4n) is 10.9. The quantitative estimate of drug-likeness (QED) is 0.135. The van der Waals surface area contributed by atoms with E-state index in [1.165, 1.54) is 12.0 Å². The van der Waals surface area contributed by atoms with Gasteiger partial charge in [-0.1, -0.05) is 71.9 Å². The van der Waals surface area contributed by atoms with Gasteiger partial charge in [-0.25, -0.2) is 4.79 Å². The number of allylic oxidation sites excluding steroid dienone is 5. The minimum Gasteiger partial charge on any atom is -0.460 e. The van der Waals surface area contributed by atoms with Gasteiger partial charge in [0.2, 0.25) is 5.79 Å². The van der Waals surface area contributed by atoms with E-state index < -0.39 is 91.0 Å². The van der Waals surface area contributed by atoms with E-state index in [-0.39, 0.29) is 67.3 Å². The Bertz CT molecular complexity index is 1880. The average molecular weight is 992 g/mol. The minimum absolute atomic E-state index is 0.0263. The van der Waals surface area contributed by atoms with Gasteiger partial charge in [-0.15, -0.1) is 0 Å². The van der Waals surface area contributed by atoms with E-state index in [1.807, 2.05) is 58.1 Å². The molecule has 3 heterocycles. The number of methoxy groups -OCH3 is 3. The largest absolute Gasteiger partial charge is 0.460 e. The number of nitrogens with zero attached hydrogens (tertiary/aromatic N) is 1. The third-order valence-corrected chi connectivity index (χ3v) is 16.0. The molecule has 15 nitrogen and oxygen atoms in total. The summed E-state index contributed by atoms with van der Waals surface area (Å²) < 4.78 is 48.3. The summed E-state index contributed by atoms with van der Waals surface area (Å²) in [5.74, 6) is -8.23. The summed E-state index contributed by atoms with van der Waals surface area (Å²) in [4.78, 5) is 72.3. The summed E-state index contributed by atoms with van der Waals surface area (Å²) in [5.41, 5.74) is 0.880. The maximum Gasteiger partial charge on any atom is 0.329 e. The number of esters is 1. The maximum absolute atomic E-state index is 14.5. The average Bonchev–Trinajstić information content (AvgIpc) is 3.30. The summed E-state index contributed by atoms with van der Waals surface area (Å²) in [7, 11) is 1.80. The van der Waals surface area contributed by atoms with Crippen molar-refractivity contribution in [3.05, 3.63) is 36.0 Å². The lowest BCUT2D eigenvalue weighted by Gasteiger charge is -2.42. The number of aliphatic hydroxyl groups excluding tert-OH is 1. The number of aliphatic hydroxyl groups is 2. The maximum atomic E-state index is 14.5. The van der Waals surface area contributed by atoms with E-state index in [4.69, 9.17) is 28.2 Å². The highest BCUT2D eigenvalue weighted by atomic mass is 31.2. The number of amides is 1. The Hall–Kier alpha value is -2.88. The van der Waals surface area contributed by atoms with E-state index in [0.717, 1.165) is 12.0 Å². The van der Waals surface area contributed by atoms with Crippen molar-refractivity contribution in [3.8, 4) is 0 Å². The standard InChI is InChI=1S/C53H86NO14P/c1-32-18-14-13-15-19-33(2)44(63-8)30-40-23-21-38(7)53(61,67-40)50(58)51(59)54-25-17-16-20-41(54)52(60)66-45(35(4)28-39-22-24-43(46(29-39)64-9)68-69(11,12)62)31-42(55)34(3)27-37(6)48(57)49(65-10)47(56)36(5)26-32/h13-15,18-19,32,34-41,43-46,48-49,57,61H,16-17,20-31H2,1-12H3/b15-13?,18-14-,33-19?/t32-,34+,35+,36+,37?,38+,39-,40-,41-,43+,44-,45-,46+,48-,49+,53+/m0/s1. The summed E-state index contributed by atoms with van der Waals surface area (Å²) in [6, 6.07) is -1.14. The first kappa shape index (κ1) is 58.7. The number of ketones is 3. The molecule has 1 unspecified atom stereocenters. The molecule has 16 heteroatoms. The third kappa shape index (κ3) is 16.3. The van der Waals surface area contributed by atoms with Crippen molar-refractivity contribution in [2.45, 2.75) is 186 Å². The Morgan fingerprint density at radius 2 is 1.55 bits per heavy atom. The van der Waals surface area contributed by atoms with Crippen molar-refractivity contribution >= 4 is 36.6 Å². The molecule has 0 aromatic heterocycles. The van der Waals surface area contributed by atoms with Crippen LogP contribution in [0.4, 0.5) is 0 Å². The first-order valence-electron chi connectivity index (χ1n) is 25.5. The van der Waals surface area contributed by atoms with Crippen LogP contribution in [0.1, 0.15) is 132 Å².